The maximum Gasteiger partial charge on any atom is 0.222 e. The standard InChI is InChI=1S/C14H24N2O/c1-9(2)14(17)15-8-13-7-11(5)16(10(3)4)12(13)6/h7,9-10H,8H2,1-6H3,(H,15,17). The molecule has 17 heavy (non-hydrogen) atoms. The molecule has 1 aromatic heterocycles. The first-order valence-electron chi connectivity index (χ1n) is 6.29. The van der Waals surface area contributed by atoms with Gasteiger partial charge in [0.05, 0.1) is 0 Å². The zero-order chi connectivity index (χ0) is 13.2. The monoisotopic (exact) mass is 236 g/mol. The lowest BCUT2D eigenvalue weighted by molar-refractivity contribution is -0.124. The normalized spacial score (nSPS) is 11.3. The second kappa shape index (κ2) is 5.39. The fourth-order valence-corrected chi connectivity index (χ4v) is 2.21. The van der Waals surface area contributed by atoms with Crippen LogP contribution in [0.1, 0.15) is 50.7 Å². The summed E-state index contributed by atoms with van der Waals surface area (Å²) in [7, 11) is 0. The van der Waals surface area contributed by atoms with Crippen LogP contribution in [0.2, 0.25) is 0 Å². The van der Waals surface area contributed by atoms with E-state index in [1.165, 1.54) is 17.0 Å². The van der Waals surface area contributed by atoms with Gasteiger partial charge in [0.25, 0.3) is 0 Å². The Kier molecular flexibility index (Phi) is 4.38. The van der Waals surface area contributed by atoms with Crippen LogP contribution in [-0.4, -0.2) is 10.5 Å². The van der Waals surface area contributed by atoms with Crippen molar-refractivity contribution in [1.29, 1.82) is 0 Å². The Morgan fingerprint density at radius 2 is 1.88 bits per heavy atom. The molecule has 0 aliphatic carbocycles. The third kappa shape index (κ3) is 3.11. The molecule has 0 saturated carbocycles. The zero-order valence-electron chi connectivity index (χ0n) is 11.8. The van der Waals surface area contributed by atoms with Gasteiger partial charge in [-0.15, -0.1) is 0 Å². The fourth-order valence-electron chi connectivity index (χ4n) is 2.21. The molecule has 0 fully saturated rings. The van der Waals surface area contributed by atoms with Crippen molar-refractivity contribution < 1.29 is 4.79 Å². The molecular weight excluding hydrogens is 212 g/mol. The van der Waals surface area contributed by atoms with Crippen LogP contribution in [-0.2, 0) is 11.3 Å². The first kappa shape index (κ1) is 13.8. The Hall–Kier alpha value is -1.25. The highest BCUT2D eigenvalue weighted by Crippen LogP contribution is 2.19. The molecule has 3 nitrogen and oxygen atoms in total. The lowest BCUT2D eigenvalue weighted by Gasteiger charge is -2.14. The number of aromatic nitrogens is 1. The van der Waals surface area contributed by atoms with E-state index in [0.717, 1.165) is 0 Å². The summed E-state index contributed by atoms with van der Waals surface area (Å²) in [6, 6.07) is 2.63. The quantitative estimate of drug-likeness (QED) is 0.857. The Morgan fingerprint density at radius 3 is 2.29 bits per heavy atom. The molecule has 0 bridgehead atoms. The van der Waals surface area contributed by atoms with E-state index in [2.05, 4.69) is 43.6 Å². The van der Waals surface area contributed by atoms with Gasteiger partial charge in [-0.25, -0.2) is 0 Å². The Balaban J connectivity index is 2.80. The predicted molar refractivity (Wildman–Crippen MR) is 71.0 cm³/mol. The van der Waals surface area contributed by atoms with Crippen molar-refractivity contribution in [1.82, 2.24) is 9.88 Å². The minimum Gasteiger partial charge on any atom is -0.352 e. The lowest BCUT2D eigenvalue weighted by Crippen LogP contribution is -2.27. The van der Waals surface area contributed by atoms with Crippen LogP contribution in [0.3, 0.4) is 0 Å². The van der Waals surface area contributed by atoms with Gasteiger partial charge in [-0.05, 0) is 39.3 Å². The van der Waals surface area contributed by atoms with Crippen LogP contribution in [0, 0.1) is 19.8 Å². The minimum atomic E-state index is 0.0450. The Morgan fingerprint density at radius 1 is 1.29 bits per heavy atom. The molecule has 1 N–H and O–H groups in total. The molecule has 1 rings (SSSR count). The van der Waals surface area contributed by atoms with Crippen LogP contribution in [0.25, 0.3) is 0 Å². The van der Waals surface area contributed by atoms with Crippen molar-refractivity contribution in [3.63, 3.8) is 0 Å². The Labute approximate surface area is 104 Å². The van der Waals surface area contributed by atoms with E-state index >= 15 is 0 Å². The lowest BCUT2D eigenvalue weighted by atomic mass is 10.2. The molecule has 0 spiro atoms. The molecular formula is C14H24N2O. The zero-order valence-corrected chi connectivity index (χ0v) is 11.8. The molecule has 0 unspecified atom stereocenters. The van der Waals surface area contributed by atoms with Crippen LogP contribution < -0.4 is 5.32 Å². The van der Waals surface area contributed by atoms with Gasteiger partial charge in [0.2, 0.25) is 5.91 Å². The van der Waals surface area contributed by atoms with Crippen LogP contribution >= 0.6 is 0 Å². The van der Waals surface area contributed by atoms with Crippen molar-refractivity contribution >= 4 is 5.91 Å². The molecule has 1 aromatic rings. The largest absolute Gasteiger partial charge is 0.352 e. The number of amides is 1. The van der Waals surface area contributed by atoms with E-state index in [4.69, 9.17) is 0 Å². The van der Waals surface area contributed by atoms with Crippen molar-refractivity contribution in [3.8, 4) is 0 Å². The number of nitrogens with one attached hydrogen (secondary N) is 1. The maximum absolute atomic E-state index is 11.5. The number of carbonyl (C=O) groups excluding carboxylic acids is 1. The third-order valence-corrected chi connectivity index (χ3v) is 3.08. The number of hydrogen-bond acceptors (Lipinski definition) is 1. The number of rotatable bonds is 4. The summed E-state index contributed by atoms with van der Waals surface area (Å²) < 4.78 is 2.30. The SMILES string of the molecule is Cc1cc(CNC(=O)C(C)C)c(C)n1C(C)C. The molecule has 0 atom stereocenters. The van der Waals surface area contributed by atoms with Gasteiger partial charge in [0, 0.05) is 29.9 Å². The molecule has 96 valence electrons. The highest BCUT2D eigenvalue weighted by atomic mass is 16.1. The van der Waals surface area contributed by atoms with Gasteiger partial charge in [-0.3, -0.25) is 4.79 Å². The smallest absolute Gasteiger partial charge is 0.222 e. The van der Waals surface area contributed by atoms with E-state index in [-0.39, 0.29) is 11.8 Å². The van der Waals surface area contributed by atoms with Gasteiger partial charge in [-0.1, -0.05) is 13.8 Å². The predicted octanol–water partition coefficient (Wildman–Crippen LogP) is 2.96. The van der Waals surface area contributed by atoms with Crippen molar-refractivity contribution in [2.45, 2.75) is 54.1 Å². The van der Waals surface area contributed by atoms with Crippen molar-refractivity contribution in [2.75, 3.05) is 0 Å². The molecule has 0 aliphatic heterocycles. The minimum absolute atomic E-state index is 0.0450. The molecule has 0 radical (unpaired) electrons. The van der Waals surface area contributed by atoms with Gasteiger partial charge in [0.15, 0.2) is 0 Å². The summed E-state index contributed by atoms with van der Waals surface area (Å²) in [5.41, 5.74) is 3.72. The third-order valence-electron chi connectivity index (χ3n) is 3.08. The van der Waals surface area contributed by atoms with E-state index in [1.54, 1.807) is 0 Å². The Bertz CT molecular complexity index is 403. The number of aryl methyl sites for hydroxylation is 1. The summed E-state index contributed by atoms with van der Waals surface area (Å²) in [4.78, 5) is 11.5. The molecule has 3 heteroatoms. The number of hydrogen-bond donors (Lipinski definition) is 1. The number of carbonyl (C=O) groups is 1. The highest BCUT2D eigenvalue weighted by Gasteiger charge is 2.12. The summed E-state index contributed by atoms with van der Waals surface area (Å²) in [6.07, 6.45) is 0. The molecule has 0 saturated heterocycles. The first-order valence-corrected chi connectivity index (χ1v) is 6.29. The average Bonchev–Trinajstić information content (AvgIpc) is 2.50. The van der Waals surface area contributed by atoms with Gasteiger partial charge >= 0.3 is 0 Å². The van der Waals surface area contributed by atoms with Gasteiger partial charge in [0.1, 0.15) is 0 Å². The van der Waals surface area contributed by atoms with Gasteiger partial charge in [-0.2, -0.15) is 0 Å². The van der Waals surface area contributed by atoms with Gasteiger partial charge < -0.3 is 9.88 Å². The summed E-state index contributed by atoms with van der Waals surface area (Å²) in [5, 5.41) is 2.97. The van der Waals surface area contributed by atoms with E-state index in [1.807, 2.05) is 13.8 Å². The van der Waals surface area contributed by atoms with Crippen LogP contribution in [0.5, 0.6) is 0 Å². The van der Waals surface area contributed by atoms with E-state index in [9.17, 15) is 4.79 Å². The summed E-state index contributed by atoms with van der Waals surface area (Å²) in [6.45, 7) is 13.0. The van der Waals surface area contributed by atoms with Crippen molar-refractivity contribution in [3.05, 3.63) is 23.0 Å². The first-order chi connectivity index (χ1) is 7.84. The molecule has 0 aliphatic rings. The highest BCUT2D eigenvalue weighted by molar-refractivity contribution is 5.77. The second-order valence-electron chi connectivity index (χ2n) is 5.23. The molecule has 1 heterocycles. The average molecular weight is 236 g/mol. The second-order valence-corrected chi connectivity index (χ2v) is 5.23. The van der Waals surface area contributed by atoms with E-state index < -0.39 is 0 Å². The topological polar surface area (TPSA) is 34.0 Å². The van der Waals surface area contributed by atoms with Crippen LogP contribution in [0.4, 0.5) is 0 Å². The van der Waals surface area contributed by atoms with E-state index in [0.29, 0.717) is 12.6 Å². The maximum atomic E-state index is 11.5. The fraction of sp³-hybridized carbons (Fsp3) is 0.643. The summed E-state index contributed by atoms with van der Waals surface area (Å²) in [5.74, 6) is 0.155. The molecule has 1 amide bonds. The molecule has 0 aromatic carbocycles. The number of nitrogens with zero attached hydrogens (tertiary/aromatic N) is 1. The summed E-state index contributed by atoms with van der Waals surface area (Å²) >= 11 is 0. The van der Waals surface area contributed by atoms with Crippen LogP contribution in [0.15, 0.2) is 6.07 Å². The van der Waals surface area contributed by atoms with Crippen molar-refractivity contribution in [2.24, 2.45) is 5.92 Å².